The second kappa shape index (κ2) is 14.4. The Labute approximate surface area is 279 Å². The van der Waals surface area contributed by atoms with E-state index >= 15 is 0 Å². The lowest BCUT2D eigenvalue weighted by Gasteiger charge is -2.42. The minimum absolute atomic E-state index is 0.0168. The standard InChI is InChI=1S/C32H42Cl2N8O4/c1-31(2,3)46-30(45)39-32(10-14-42(15-11-32)28-24-8-12-35-27(24)36-21-37-28)29(44)38-25(22-4-6-23(34)7-5-22)9-13-40-16-18-41(19-17-40)26(43)20-33/h4-8,12,21,25H,9-11,13-20H2,1-3H3,(H,38,44)(H,39,45)(H,35,36,37)/t25-/m0/s1. The van der Waals surface area contributed by atoms with Gasteiger partial charge in [-0.15, -0.1) is 11.6 Å². The molecule has 3 N–H and O–H groups in total. The first-order valence-electron chi connectivity index (χ1n) is 15.6. The van der Waals surface area contributed by atoms with Crippen LogP contribution in [0.25, 0.3) is 11.0 Å². The molecule has 46 heavy (non-hydrogen) atoms. The van der Waals surface area contributed by atoms with E-state index in [4.69, 9.17) is 27.9 Å². The molecule has 5 rings (SSSR count). The van der Waals surface area contributed by atoms with Crippen LogP contribution in [0.3, 0.4) is 0 Å². The summed E-state index contributed by atoms with van der Waals surface area (Å²) in [4.78, 5) is 57.6. The SMILES string of the molecule is CC(C)(C)OC(=O)NC1(C(=O)N[C@@H](CCN2CCN(C(=O)CCl)CC2)c2ccc(Cl)cc2)CCN(c2ncnc3[nH]ccc23)CC1. The number of aromatic nitrogens is 3. The Morgan fingerprint density at radius 2 is 1.72 bits per heavy atom. The number of piperazine rings is 1. The summed E-state index contributed by atoms with van der Waals surface area (Å²) in [6.45, 7) is 9.73. The number of H-pyrrole nitrogens is 1. The van der Waals surface area contributed by atoms with Gasteiger partial charge in [-0.3, -0.25) is 14.5 Å². The van der Waals surface area contributed by atoms with Crippen molar-refractivity contribution >= 4 is 58.0 Å². The van der Waals surface area contributed by atoms with E-state index in [1.54, 1.807) is 25.7 Å². The zero-order valence-electron chi connectivity index (χ0n) is 26.5. The van der Waals surface area contributed by atoms with Crippen LogP contribution in [0.2, 0.25) is 5.02 Å². The van der Waals surface area contributed by atoms with Gasteiger partial charge in [-0.2, -0.15) is 0 Å². The van der Waals surface area contributed by atoms with Crippen LogP contribution in [0.5, 0.6) is 0 Å². The molecule has 0 aliphatic carbocycles. The number of halogens is 2. The molecule has 2 aliphatic heterocycles. The summed E-state index contributed by atoms with van der Waals surface area (Å²) in [5.74, 6) is 0.435. The van der Waals surface area contributed by atoms with Crippen LogP contribution in [0.1, 0.15) is 51.6 Å². The molecule has 2 fully saturated rings. The summed E-state index contributed by atoms with van der Waals surface area (Å²) < 4.78 is 5.61. The van der Waals surface area contributed by atoms with E-state index in [0.717, 1.165) is 35.5 Å². The second-order valence-corrected chi connectivity index (χ2v) is 13.6. The molecule has 0 radical (unpaired) electrons. The average molecular weight is 674 g/mol. The number of rotatable bonds is 9. The predicted octanol–water partition coefficient (Wildman–Crippen LogP) is 4.11. The maximum absolute atomic E-state index is 14.4. The van der Waals surface area contributed by atoms with Gasteiger partial charge in [-0.25, -0.2) is 14.8 Å². The highest BCUT2D eigenvalue weighted by molar-refractivity contribution is 6.30. The molecule has 248 valence electrons. The van der Waals surface area contributed by atoms with Crippen molar-refractivity contribution in [2.45, 2.75) is 57.2 Å². The van der Waals surface area contributed by atoms with Gasteiger partial charge in [0.15, 0.2) is 0 Å². The molecule has 0 saturated carbocycles. The van der Waals surface area contributed by atoms with Crippen molar-refractivity contribution in [1.29, 1.82) is 0 Å². The van der Waals surface area contributed by atoms with E-state index in [1.807, 2.05) is 36.5 Å². The van der Waals surface area contributed by atoms with Crippen LogP contribution in [-0.2, 0) is 14.3 Å². The number of fused-ring (bicyclic) bond motifs is 1. The minimum atomic E-state index is -1.21. The van der Waals surface area contributed by atoms with Crippen molar-refractivity contribution in [3.8, 4) is 0 Å². The van der Waals surface area contributed by atoms with Gasteiger partial charge >= 0.3 is 6.09 Å². The molecule has 0 bridgehead atoms. The van der Waals surface area contributed by atoms with Crippen molar-refractivity contribution in [2.75, 3.05) is 56.6 Å². The van der Waals surface area contributed by atoms with Crippen LogP contribution in [0.15, 0.2) is 42.9 Å². The van der Waals surface area contributed by atoms with E-state index in [-0.39, 0.29) is 23.7 Å². The van der Waals surface area contributed by atoms with Crippen LogP contribution in [0.4, 0.5) is 10.6 Å². The zero-order valence-corrected chi connectivity index (χ0v) is 28.0. The summed E-state index contributed by atoms with van der Waals surface area (Å²) in [7, 11) is 0. The first-order chi connectivity index (χ1) is 22.0. The largest absolute Gasteiger partial charge is 0.444 e. The molecule has 0 unspecified atom stereocenters. The molecular formula is C32H42Cl2N8O4. The first-order valence-corrected chi connectivity index (χ1v) is 16.5. The number of hydrogen-bond donors (Lipinski definition) is 3. The zero-order chi connectivity index (χ0) is 32.9. The fourth-order valence-electron chi connectivity index (χ4n) is 6.05. The topological polar surface area (TPSA) is 136 Å². The fourth-order valence-corrected chi connectivity index (χ4v) is 6.34. The third-order valence-corrected chi connectivity index (χ3v) is 9.06. The molecule has 14 heteroatoms. The molecule has 3 amide bonds. The monoisotopic (exact) mass is 672 g/mol. The van der Waals surface area contributed by atoms with Crippen LogP contribution < -0.4 is 15.5 Å². The number of benzene rings is 1. The van der Waals surface area contributed by atoms with E-state index in [9.17, 15) is 14.4 Å². The van der Waals surface area contributed by atoms with Crippen LogP contribution in [-0.4, -0.2) is 105 Å². The van der Waals surface area contributed by atoms with Crippen molar-refractivity contribution in [3.05, 3.63) is 53.4 Å². The number of alkyl carbamates (subject to hydrolysis) is 1. The quantitative estimate of drug-likeness (QED) is 0.289. The molecule has 2 aromatic heterocycles. The molecule has 2 saturated heterocycles. The third-order valence-electron chi connectivity index (χ3n) is 8.58. The molecule has 12 nitrogen and oxygen atoms in total. The summed E-state index contributed by atoms with van der Waals surface area (Å²) in [6.07, 6.45) is 4.02. The normalized spacial score (nSPS) is 17.8. The third kappa shape index (κ3) is 8.21. The van der Waals surface area contributed by atoms with Crippen molar-refractivity contribution in [3.63, 3.8) is 0 Å². The summed E-state index contributed by atoms with van der Waals surface area (Å²) in [5, 5.41) is 7.74. The molecule has 4 heterocycles. The highest BCUT2D eigenvalue weighted by Gasteiger charge is 2.45. The number of nitrogens with zero attached hydrogens (tertiary/aromatic N) is 5. The van der Waals surface area contributed by atoms with E-state index in [1.165, 1.54) is 6.33 Å². The van der Waals surface area contributed by atoms with Crippen molar-refractivity contribution < 1.29 is 19.1 Å². The highest BCUT2D eigenvalue weighted by Crippen LogP contribution is 2.31. The molecule has 1 aromatic carbocycles. The first kappa shape index (κ1) is 33.7. The fraction of sp³-hybridized carbons (Fsp3) is 0.531. The van der Waals surface area contributed by atoms with Gasteiger partial charge in [0.25, 0.3) is 0 Å². The number of nitrogens with one attached hydrogen (secondary N) is 3. The van der Waals surface area contributed by atoms with Crippen molar-refractivity contribution in [1.82, 2.24) is 35.4 Å². The lowest BCUT2D eigenvalue weighted by Crippen LogP contribution is -2.64. The molecule has 0 spiro atoms. The number of aromatic amines is 1. The molecule has 1 atom stereocenters. The Kier molecular flexibility index (Phi) is 10.6. The average Bonchev–Trinajstić information content (AvgIpc) is 3.52. The van der Waals surface area contributed by atoms with Gasteiger partial charge < -0.3 is 30.2 Å². The van der Waals surface area contributed by atoms with Gasteiger partial charge in [0, 0.05) is 57.0 Å². The summed E-state index contributed by atoms with van der Waals surface area (Å²) >= 11 is 12.0. The number of carbonyl (C=O) groups is 3. The number of piperidine rings is 1. The molecule has 3 aromatic rings. The predicted molar refractivity (Wildman–Crippen MR) is 178 cm³/mol. The Morgan fingerprint density at radius 1 is 1.02 bits per heavy atom. The van der Waals surface area contributed by atoms with Gasteiger partial charge in [0.1, 0.15) is 34.8 Å². The van der Waals surface area contributed by atoms with Crippen LogP contribution in [0, 0.1) is 0 Å². The number of hydrogen-bond acceptors (Lipinski definition) is 8. The van der Waals surface area contributed by atoms with Gasteiger partial charge in [-0.1, -0.05) is 23.7 Å². The minimum Gasteiger partial charge on any atom is -0.444 e. The lowest BCUT2D eigenvalue weighted by molar-refractivity contribution is -0.131. The Hall–Kier alpha value is -3.61. The maximum atomic E-state index is 14.4. The molecule has 2 aliphatic rings. The Balaban J connectivity index is 1.33. The Morgan fingerprint density at radius 3 is 2.37 bits per heavy atom. The number of alkyl halides is 1. The lowest BCUT2D eigenvalue weighted by atomic mass is 9.85. The summed E-state index contributed by atoms with van der Waals surface area (Å²) in [5.41, 5.74) is -0.284. The smallest absolute Gasteiger partial charge is 0.408 e. The molecular weight excluding hydrogens is 631 g/mol. The second-order valence-electron chi connectivity index (χ2n) is 12.9. The summed E-state index contributed by atoms with van der Waals surface area (Å²) in [6, 6.07) is 9.04. The van der Waals surface area contributed by atoms with Gasteiger partial charge in [0.05, 0.1) is 11.4 Å². The van der Waals surface area contributed by atoms with E-state index in [0.29, 0.717) is 57.0 Å². The van der Waals surface area contributed by atoms with E-state index in [2.05, 4.69) is 35.4 Å². The van der Waals surface area contributed by atoms with Gasteiger partial charge in [0.2, 0.25) is 11.8 Å². The van der Waals surface area contributed by atoms with Crippen molar-refractivity contribution in [2.24, 2.45) is 0 Å². The number of ether oxygens (including phenoxy) is 1. The van der Waals surface area contributed by atoms with Crippen LogP contribution >= 0.6 is 23.2 Å². The van der Waals surface area contributed by atoms with E-state index < -0.39 is 17.2 Å². The number of anilines is 1. The number of amides is 3. The maximum Gasteiger partial charge on any atom is 0.408 e. The number of carbonyl (C=O) groups excluding carboxylic acids is 3. The highest BCUT2D eigenvalue weighted by atomic mass is 35.5. The Bertz CT molecular complexity index is 1510. The van der Waals surface area contributed by atoms with Gasteiger partial charge in [-0.05, 0) is 63.8 Å².